The number of halogens is 11. The quantitative estimate of drug-likeness (QED) is 0.0240. The number of fused-ring (bicyclic) bond motifs is 3. The smallest absolute Gasteiger partial charge is 0.537 e. The SMILES string of the molecule is Cc1cc(-c2cc(F)cc(F)c2)ccc1-n1c(=O)ccc2cc(S(=O)(=O)Cc3ccon3)ccc21.Cc1cc(Br)ccc1-n1c(=O)ccc2cc(S(=O)(=O)Cc3ccon3)ccc21.Cc1cc(Br)ccc1-n1c(=O)ccc2cc(S(=O)(=O)Oc3c(F)c(F)c(F)c(F)c3F)ccc21.Nc1ccon1.O[B]Oc1cc(F)cc(F)c1.P.P.P. The number of nitrogens with zero attached hydrogens (tertiary/aromatic N) is 6. The van der Waals surface area contributed by atoms with Crippen LogP contribution in [0.5, 0.6) is 11.5 Å². The third-order valence-corrected chi connectivity index (χ3v) is 22.0. The van der Waals surface area contributed by atoms with E-state index in [1.54, 1.807) is 91.2 Å². The zero-order valence-electron chi connectivity index (χ0n) is 60.7. The van der Waals surface area contributed by atoms with Gasteiger partial charge in [-0.05, 0) is 182 Å². The molecule has 1 radical (unpaired) electrons. The molecule has 22 nitrogen and oxygen atoms in total. The number of aromatic nitrogens is 6. The topological polar surface area (TPSA) is 311 Å². The minimum absolute atomic E-state index is 0. The highest BCUT2D eigenvalue weighted by atomic mass is 79.9. The van der Waals surface area contributed by atoms with Crippen molar-refractivity contribution in [3.63, 3.8) is 0 Å². The Hall–Kier alpha value is -10.9. The van der Waals surface area contributed by atoms with Crippen LogP contribution in [-0.4, -0.2) is 67.1 Å². The van der Waals surface area contributed by atoms with Crippen molar-refractivity contribution in [3.05, 3.63) is 339 Å². The molecule has 0 aliphatic heterocycles. The van der Waals surface area contributed by atoms with Crippen molar-refractivity contribution in [1.29, 1.82) is 0 Å². The summed E-state index contributed by atoms with van der Waals surface area (Å²) in [5.41, 5.74) is 11.4. The molecule has 607 valence electrons. The highest BCUT2D eigenvalue weighted by molar-refractivity contribution is 9.10. The first-order chi connectivity index (χ1) is 54.1. The molecule has 0 aliphatic rings. The minimum Gasteiger partial charge on any atom is -0.537 e. The van der Waals surface area contributed by atoms with E-state index in [1.807, 2.05) is 25.1 Å². The molecule has 6 aromatic heterocycles. The van der Waals surface area contributed by atoms with E-state index < -0.39 is 98.4 Å². The van der Waals surface area contributed by atoms with Gasteiger partial charge in [0.05, 0.1) is 54.8 Å². The van der Waals surface area contributed by atoms with Gasteiger partial charge in [-0.25, -0.2) is 47.6 Å². The van der Waals surface area contributed by atoms with Gasteiger partial charge in [-0.3, -0.25) is 28.1 Å². The molecule has 9 aromatic carbocycles. The van der Waals surface area contributed by atoms with Crippen LogP contribution >= 0.6 is 61.6 Å². The van der Waals surface area contributed by atoms with Gasteiger partial charge in [0, 0.05) is 85.8 Å². The summed E-state index contributed by atoms with van der Waals surface area (Å²) in [5, 5.41) is 20.2. The fraction of sp³-hybridized carbons (Fsp3) is 0.0649. The molecule has 6 heterocycles. The molecule has 0 bridgehead atoms. The third-order valence-electron chi connectivity index (χ3n) is 16.5. The summed E-state index contributed by atoms with van der Waals surface area (Å²) in [6, 6.07) is 47.5. The van der Waals surface area contributed by atoms with Crippen LogP contribution in [0.2, 0.25) is 0 Å². The van der Waals surface area contributed by atoms with Crippen LogP contribution in [0.4, 0.5) is 45.3 Å². The van der Waals surface area contributed by atoms with E-state index in [0.717, 1.165) is 56.1 Å². The van der Waals surface area contributed by atoms with Crippen molar-refractivity contribution in [2.24, 2.45) is 0 Å². The standard InChI is InChI=1S/C26H18F2N2O4S.C22H11BrF5NO4S.C20H15BrN2O4S.C6H4BF2O2.C3H4N2O.3H3P/c1-16-10-17(19-11-20(27)14-21(28)12-19)2-5-24(16)30-25-6-4-23(13-18(25)3-7-26(30)31)35(32,33)15-22-8-9-34-29-22;1-10-8-12(23)3-5-14(10)29-15-6-4-13(9-11(15)2-7-16(29)30)34(31,32)33-22-20(27)18(25)17(24)19(26)21(22)28;1-13-10-15(21)3-5-18(13)23-19-6-4-17(11-14(19)2-7-20(23)24)28(25,26)12-16-8-9-27-22-16;8-4-1-5(9)3-6(2-4)11-7-10;4-3-1-2-6-5-3;;;/h2-14H,15H2,1H3;2-9H,1H3;2-11H,12H2,1H3;1-3,10H;1-2H,(H2,4,5);3*1H3. The molecule has 3 atom stereocenters. The molecule has 0 fully saturated rings. The van der Waals surface area contributed by atoms with Crippen LogP contribution in [0.25, 0.3) is 60.9 Å². The maximum absolute atomic E-state index is 13.9. The molecule has 0 saturated carbocycles. The first-order valence-electron chi connectivity index (χ1n) is 32.6. The molecule has 15 aromatic rings. The van der Waals surface area contributed by atoms with E-state index in [9.17, 15) is 79.2 Å². The first kappa shape index (κ1) is 91.7. The number of hydrogen-bond donors (Lipinski definition) is 2. The fourth-order valence-corrected chi connectivity index (χ4v) is 15.9. The zero-order chi connectivity index (χ0) is 82.3. The van der Waals surface area contributed by atoms with Crippen molar-refractivity contribution < 1.29 is 92.2 Å². The summed E-state index contributed by atoms with van der Waals surface area (Å²) in [6.45, 7) is 5.47. The summed E-state index contributed by atoms with van der Waals surface area (Å²) < 4.78 is 225. The number of nitrogen functional groups attached to an aromatic ring is 1. The van der Waals surface area contributed by atoms with Gasteiger partial charge < -0.3 is 33.2 Å². The number of anilines is 1. The van der Waals surface area contributed by atoms with E-state index in [4.69, 9.17) is 19.8 Å². The third kappa shape index (κ3) is 21.7. The van der Waals surface area contributed by atoms with Crippen LogP contribution in [0.15, 0.2) is 271 Å². The lowest BCUT2D eigenvalue weighted by Crippen LogP contribution is -2.19. The fourth-order valence-electron chi connectivity index (χ4n) is 11.4. The first-order valence-corrected chi connectivity index (χ1v) is 38.9. The van der Waals surface area contributed by atoms with Gasteiger partial charge in [0.25, 0.3) is 16.7 Å². The number of benzene rings is 9. The van der Waals surface area contributed by atoms with Gasteiger partial charge in [0.15, 0.2) is 25.5 Å². The second-order valence-corrected chi connectivity index (χ2v) is 31.7. The Labute approximate surface area is 686 Å². The Balaban J connectivity index is 0.000000197. The van der Waals surface area contributed by atoms with Crippen LogP contribution in [0.3, 0.4) is 0 Å². The molecule has 40 heteroatoms. The lowest BCUT2D eigenvalue weighted by atomic mass is 10.0. The Bertz CT molecular complexity index is 6680. The van der Waals surface area contributed by atoms with Crippen LogP contribution in [0, 0.1) is 73.1 Å². The predicted molar refractivity (Wildman–Crippen MR) is 442 cm³/mol. The van der Waals surface area contributed by atoms with Crippen molar-refractivity contribution in [3.8, 4) is 39.7 Å². The molecular formula is C77H61BBr2F9N7O15P3S3. The lowest BCUT2D eigenvalue weighted by Gasteiger charge is -2.15. The Kier molecular flexibility index (Phi) is 30.5. The average molecular weight is 1860 g/mol. The molecule has 0 saturated heterocycles. The largest absolute Gasteiger partial charge is 0.569 e. The summed E-state index contributed by atoms with van der Waals surface area (Å²) in [6.07, 6.45) is 4.07. The van der Waals surface area contributed by atoms with Crippen LogP contribution in [-0.2, 0) is 41.3 Å². The molecule has 3 N–H and O–H groups in total. The number of rotatable bonds is 15. The molecule has 117 heavy (non-hydrogen) atoms. The van der Waals surface area contributed by atoms with Crippen LogP contribution < -0.4 is 31.2 Å². The Morgan fingerprint density at radius 2 is 0.786 bits per heavy atom. The minimum atomic E-state index is -5.03. The number of pyridine rings is 3. The lowest BCUT2D eigenvalue weighted by molar-refractivity contribution is 0.346. The maximum Gasteiger partial charge on any atom is 0.569 e. The van der Waals surface area contributed by atoms with E-state index in [-0.39, 0.29) is 73.2 Å². The molecular weight excluding hydrogens is 1790 g/mol. The molecule has 3 unspecified atom stereocenters. The highest BCUT2D eigenvalue weighted by Gasteiger charge is 2.32. The summed E-state index contributed by atoms with van der Waals surface area (Å²) >= 11 is 6.76. The van der Waals surface area contributed by atoms with Crippen molar-refractivity contribution >= 4 is 138 Å². The highest BCUT2D eigenvalue weighted by Crippen LogP contribution is 2.35. The molecule has 15 rings (SSSR count). The van der Waals surface area contributed by atoms with E-state index in [2.05, 4.69) is 60.7 Å². The number of nitrogens with two attached hydrogens (primary N) is 1. The Morgan fingerprint density at radius 3 is 1.15 bits per heavy atom. The van der Waals surface area contributed by atoms with Crippen molar-refractivity contribution in [1.82, 2.24) is 29.2 Å². The predicted octanol–water partition coefficient (Wildman–Crippen LogP) is 16.1. The zero-order valence-corrected chi connectivity index (χ0v) is 70.6. The molecule has 0 amide bonds. The average Bonchev–Trinajstić information content (AvgIpc) is 0.875. The number of sulfone groups is 2. The second-order valence-electron chi connectivity index (χ2n) is 24.4. The van der Waals surface area contributed by atoms with Gasteiger partial charge in [0.2, 0.25) is 34.8 Å². The maximum atomic E-state index is 13.9. The number of hydrogen-bond acceptors (Lipinski definition) is 19. The van der Waals surface area contributed by atoms with Crippen LogP contribution in [0.1, 0.15) is 28.1 Å². The van der Waals surface area contributed by atoms with Gasteiger partial charge in [-0.1, -0.05) is 53.4 Å². The van der Waals surface area contributed by atoms with Gasteiger partial charge in [-0.15, -0.1) is 0 Å². The van der Waals surface area contributed by atoms with Crippen molar-refractivity contribution in [2.75, 3.05) is 5.73 Å². The Morgan fingerprint density at radius 1 is 0.419 bits per heavy atom. The van der Waals surface area contributed by atoms with E-state index in [1.165, 1.54) is 101 Å². The van der Waals surface area contributed by atoms with Crippen molar-refractivity contribution in [2.45, 2.75) is 47.0 Å². The normalized spacial score (nSPS) is 11.1. The molecule has 0 aliphatic carbocycles. The molecule has 0 spiro atoms. The van der Waals surface area contributed by atoms with E-state index >= 15 is 0 Å². The number of aryl methyl sites for hydroxylation is 3. The van der Waals surface area contributed by atoms with Gasteiger partial charge in [0.1, 0.15) is 64.2 Å². The summed E-state index contributed by atoms with van der Waals surface area (Å²) in [4.78, 5) is 37.6. The van der Waals surface area contributed by atoms with Gasteiger partial charge in [-0.2, -0.15) is 46.9 Å². The summed E-state index contributed by atoms with van der Waals surface area (Å²) in [7, 11) is -11.9. The second kappa shape index (κ2) is 38.9. The van der Waals surface area contributed by atoms with E-state index in [0.29, 0.717) is 86.3 Å². The van der Waals surface area contributed by atoms with Gasteiger partial charge >= 0.3 is 17.8 Å². The summed E-state index contributed by atoms with van der Waals surface area (Å²) in [5.74, 6) is -17.0. The monoisotopic (exact) mass is 1850 g/mol.